The Kier molecular flexibility index (Phi) is 5.06. The molecule has 0 saturated carbocycles. The van der Waals surface area contributed by atoms with E-state index >= 15 is 4.39 Å². The highest BCUT2D eigenvalue weighted by atomic mass is 19.1. The van der Waals surface area contributed by atoms with Gasteiger partial charge in [0.2, 0.25) is 5.91 Å². The second-order valence-electron chi connectivity index (χ2n) is 11.5. The van der Waals surface area contributed by atoms with Crippen molar-refractivity contribution < 1.29 is 23.5 Å². The van der Waals surface area contributed by atoms with Crippen molar-refractivity contribution in [2.75, 3.05) is 41.4 Å². The highest BCUT2D eigenvalue weighted by molar-refractivity contribution is 6.39. The van der Waals surface area contributed by atoms with Crippen LogP contribution in [0, 0.1) is 5.82 Å². The van der Waals surface area contributed by atoms with Crippen LogP contribution in [0.2, 0.25) is 0 Å². The number of para-hydroxylation sites is 1. The number of anilines is 3. The van der Waals surface area contributed by atoms with Gasteiger partial charge in [0.15, 0.2) is 11.6 Å². The number of carbonyl (C=O) groups excluding carboxylic acids is 3. The number of carbonyl (C=O) groups is 3. The summed E-state index contributed by atoms with van der Waals surface area (Å²) in [6.45, 7) is 2.18. The lowest BCUT2D eigenvalue weighted by Crippen LogP contribution is -2.47. The summed E-state index contributed by atoms with van der Waals surface area (Å²) in [4.78, 5) is 47.3. The number of halogens is 1. The van der Waals surface area contributed by atoms with Gasteiger partial charge < -0.3 is 19.9 Å². The minimum Gasteiger partial charge on any atom is -0.378 e. The Morgan fingerprint density at radius 2 is 1.27 bits per heavy atom. The number of rotatable bonds is 2. The molecule has 0 aromatic heterocycles. The topological polar surface area (TPSA) is 79.0 Å². The lowest BCUT2D eigenvalue weighted by molar-refractivity contribution is -0.118. The number of hydrogen-bond donors (Lipinski definition) is 1. The summed E-state index contributed by atoms with van der Waals surface area (Å²) in [5, 5.41) is 2.98. The van der Waals surface area contributed by atoms with Crippen molar-refractivity contribution in [3.05, 3.63) is 136 Å². The van der Waals surface area contributed by atoms with Crippen LogP contribution in [0.4, 0.5) is 21.5 Å². The van der Waals surface area contributed by atoms with Crippen LogP contribution in [0.25, 0.3) is 11.4 Å². The van der Waals surface area contributed by atoms with Crippen molar-refractivity contribution in [3.63, 3.8) is 0 Å². The molecule has 3 aliphatic heterocycles. The largest absolute Gasteiger partial charge is 0.378 e. The number of morpholine rings is 1. The highest BCUT2D eigenvalue weighted by Gasteiger charge is 2.64. The first-order valence-electron chi connectivity index (χ1n) is 14.6. The van der Waals surface area contributed by atoms with Crippen molar-refractivity contribution in [1.29, 1.82) is 0 Å². The number of amides is 1. The monoisotopic (exact) mass is 581 g/mol. The summed E-state index contributed by atoms with van der Waals surface area (Å²) in [5.41, 5.74) is 3.86. The zero-order valence-corrected chi connectivity index (χ0v) is 23.4. The van der Waals surface area contributed by atoms with E-state index in [9.17, 15) is 14.4 Å². The second kappa shape index (κ2) is 8.84. The third-order valence-electron chi connectivity index (χ3n) is 9.44. The van der Waals surface area contributed by atoms with Crippen LogP contribution in [0.1, 0.15) is 37.4 Å². The van der Waals surface area contributed by atoms with Crippen molar-refractivity contribution in [3.8, 4) is 0 Å². The van der Waals surface area contributed by atoms with E-state index in [1.807, 2.05) is 58.3 Å². The molecule has 0 radical (unpaired) electrons. The molecule has 1 spiro atoms. The Labute approximate surface area is 251 Å². The molecule has 3 heterocycles. The Hall–Kier alpha value is -5.34. The van der Waals surface area contributed by atoms with Gasteiger partial charge in [-0.1, -0.05) is 66.7 Å². The van der Waals surface area contributed by atoms with E-state index in [1.165, 1.54) is 6.07 Å². The van der Waals surface area contributed by atoms with Gasteiger partial charge in [0.25, 0.3) is 0 Å². The van der Waals surface area contributed by atoms with E-state index in [0.717, 1.165) is 0 Å². The van der Waals surface area contributed by atoms with Gasteiger partial charge in [-0.3, -0.25) is 14.4 Å². The zero-order chi connectivity index (χ0) is 29.7. The average Bonchev–Trinajstić information content (AvgIpc) is 3.64. The van der Waals surface area contributed by atoms with Crippen LogP contribution in [-0.4, -0.2) is 43.8 Å². The van der Waals surface area contributed by atoms with Crippen LogP contribution in [-0.2, 0) is 14.9 Å². The Bertz CT molecular complexity index is 1990. The fraction of sp³-hybridized carbons (Fsp3) is 0.139. The molecule has 4 aromatic carbocycles. The van der Waals surface area contributed by atoms with Crippen LogP contribution in [0.15, 0.2) is 102 Å². The zero-order valence-electron chi connectivity index (χ0n) is 23.4. The number of nitrogens with zero attached hydrogens (tertiary/aromatic N) is 2. The van der Waals surface area contributed by atoms with E-state index in [1.54, 1.807) is 36.4 Å². The predicted octanol–water partition coefficient (Wildman–Crippen LogP) is 5.59. The summed E-state index contributed by atoms with van der Waals surface area (Å²) < 4.78 is 21.5. The molecule has 1 amide bonds. The van der Waals surface area contributed by atoms with Crippen LogP contribution in [0.5, 0.6) is 0 Å². The Morgan fingerprint density at radius 1 is 0.705 bits per heavy atom. The van der Waals surface area contributed by atoms with E-state index in [0.29, 0.717) is 82.6 Å². The fourth-order valence-electron chi connectivity index (χ4n) is 7.63. The van der Waals surface area contributed by atoms with Crippen LogP contribution >= 0.6 is 0 Å². The number of ketones is 2. The quantitative estimate of drug-likeness (QED) is 0.333. The van der Waals surface area contributed by atoms with Crippen molar-refractivity contribution in [2.45, 2.75) is 5.41 Å². The maximum absolute atomic E-state index is 16.0. The molecule has 8 heteroatoms. The molecule has 0 bridgehead atoms. The summed E-state index contributed by atoms with van der Waals surface area (Å²) in [5.74, 6) is -1.52. The maximum Gasteiger partial charge on any atom is 0.244 e. The molecule has 0 atom stereocenters. The first-order valence-corrected chi connectivity index (χ1v) is 14.6. The summed E-state index contributed by atoms with van der Waals surface area (Å²) >= 11 is 0. The third-order valence-corrected chi connectivity index (χ3v) is 9.44. The van der Waals surface area contributed by atoms with Gasteiger partial charge in [-0.25, -0.2) is 4.39 Å². The maximum atomic E-state index is 16.0. The molecule has 1 N–H and O–H groups in total. The standard InChI is InChI=1S/C36H24FN3O4/c37-26-19-20(13-14-28(26)39-15-17-44-18-16-39)40-31-21-7-1-3-9-23(21)33(41)29(31)36(25-11-5-6-12-27(25)38-35(36)43)30-32(40)22-8-2-4-10-24(22)34(30)42/h1-14,19H,15-18H2,(H,38,43). The molecule has 9 rings (SSSR count). The van der Waals surface area contributed by atoms with E-state index < -0.39 is 17.1 Å². The Balaban J connectivity index is 1.38. The molecule has 4 aromatic rings. The molecule has 5 aliphatic rings. The van der Waals surface area contributed by atoms with E-state index in [2.05, 4.69) is 5.32 Å². The van der Waals surface area contributed by atoms with Crippen molar-refractivity contribution >= 4 is 45.9 Å². The molecule has 1 saturated heterocycles. The van der Waals surface area contributed by atoms with E-state index in [4.69, 9.17) is 4.74 Å². The molecule has 1 fully saturated rings. The van der Waals surface area contributed by atoms with Crippen molar-refractivity contribution in [1.82, 2.24) is 0 Å². The third kappa shape index (κ3) is 3.00. The number of ether oxygens (including phenoxy) is 1. The molecular weight excluding hydrogens is 557 g/mol. The predicted molar refractivity (Wildman–Crippen MR) is 164 cm³/mol. The smallest absolute Gasteiger partial charge is 0.244 e. The molecule has 7 nitrogen and oxygen atoms in total. The first kappa shape index (κ1) is 25.2. The van der Waals surface area contributed by atoms with Crippen LogP contribution in [0.3, 0.4) is 0 Å². The van der Waals surface area contributed by atoms with Gasteiger partial charge in [-0.05, 0) is 18.2 Å². The number of hydrogen-bond acceptors (Lipinski definition) is 6. The Morgan fingerprint density at radius 3 is 1.89 bits per heavy atom. The molecule has 0 unspecified atom stereocenters. The molecule has 214 valence electrons. The second-order valence-corrected chi connectivity index (χ2v) is 11.5. The SMILES string of the molecule is O=C1C2=C(c3ccccc31)N(c1ccc(N3CCOCC3)c(F)c1)C1=C(C(=O)c3ccccc31)C21C(=O)Nc2ccccc21. The number of benzene rings is 4. The average molecular weight is 582 g/mol. The minimum atomic E-state index is -1.68. The lowest BCUT2D eigenvalue weighted by atomic mass is 9.65. The molecular formula is C36H24FN3O4. The molecule has 44 heavy (non-hydrogen) atoms. The normalized spacial score (nSPS) is 19.2. The van der Waals surface area contributed by atoms with E-state index in [-0.39, 0.29) is 22.7 Å². The summed E-state index contributed by atoms with van der Waals surface area (Å²) in [6, 6.07) is 26.7. The van der Waals surface area contributed by atoms with Gasteiger partial charge in [0.05, 0.1) is 30.3 Å². The van der Waals surface area contributed by atoms with Gasteiger partial charge in [0, 0.05) is 69.5 Å². The lowest BCUT2D eigenvalue weighted by Gasteiger charge is -2.41. The number of nitrogens with one attached hydrogen (secondary N) is 1. The summed E-state index contributed by atoms with van der Waals surface area (Å²) in [6.07, 6.45) is 0. The highest BCUT2D eigenvalue weighted by Crippen LogP contribution is 2.62. The van der Waals surface area contributed by atoms with Gasteiger partial charge in [-0.15, -0.1) is 0 Å². The molecule has 2 aliphatic carbocycles. The van der Waals surface area contributed by atoms with Crippen LogP contribution < -0.4 is 15.1 Å². The first-order chi connectivity index (χ1) is 21.5. The fourth-order valence-corrected chi connectivity index (χ4v) is 7.63. The number of fused-ring (bicyclic) bond motifs is 8. The minimum absolute atomic E-state index is 0.207. The number of Topliss-reactive ketones (excluding diaryl/α,β-unsaturated/α-hetero) is 2. The van der Waals surface area contributed by atoms with Gasteiger partial charge in [0.1, 0.15) is 11.2 Å². The summed E-state index contributed by atoms with van der Waals surface area (Å²) in [7, 11) is 0. The van der Waals surface area contributed by atoms with Gasteiger partial charge >= 0.3 is 0 Å². The van der Waals surface area contributed by atoms with Crippen molar-refractivity contribution in [2.24, 2.45) is 0 Å². The van der Waals surface area contributed by atoms with Gasteiger partial charge in [-0.2, -0.15) is 0 Å².